The van der Waals surface area contributed by atoms with Gasteiger partial charge < -0.3 is 9.13 Å². The molecule has 0 saturated carbocycles. The molecular weight excluding hydrogens is 773 g/mol. The lowest BCUT2D eigenvalue weighted by Crippen LogP contribution is -2.02. The molecule has 12 rings (SSSR count). The first-order chi connectivity index (χ1) is 31.8. The molecule has 2 nitrogen and oxygen atoms in total. The van der Waals surface area contributed by atoms with Crippen LogP contribution < -0.4 is 0 Å². The van der Waals surface area contributed by atoms with E-state index in [0.717, 1.165) is 34.2 Å². The highest BCUT2D eigenvalue weighted by molar-refractivity contribution is 6.24. The van der Waals surface area contributed by atoms with E-state index >= 15 is 0 Å². The Bertz CT molecular complexity index is 3500. The Labute approximate surface area is 373 Å². The molecule has 0 radical (unpaired) electrons. The summed E-state index contributed by atoms with van der Waals surface area (Å²) < 4.78 is 4.88. The van der Waals surface area contributed by atoms with Crippen molar-refractivity contribution in [2.75, 3.05) is 0 Å². The fraction of sp³-hybridized carbons (Fsp3) is 0. The molecular formula is C62H42N2. The summed E-state index contributed by atoms with van der Waals surface area (Å²) in [7, 11) is 0. The van der Waals surface area contributed by atoms with Gasteiger partial charge in [0.2, 0.25) is 0 Å². The van der Waals surface area contributed by atoms with Crippen LogP contribution >= 0.6 is 0 Å². The molecule has 2 heteroatoms. The zero-order chi connectivity index (χ0) is 42.4. The van der Waals surface area contributed by atoms with E-state index in [0.29, 0.717) is 0 Å². The quantitative estimate of drug-likeness (QED) is 0.135. The summed E-state index contributed by atoms with van der Waals surface area (Å²) in [5, 5.41) is 7.27. The Morgan fingerprint density at radius 1 is 0.219 bits per heavy atom. The van der Waals surface area contributed by atoms with Crippen molar-refractivity contribution in [2.45, 2.75) is 0 Å². The molecule has 0 unspecified atom stereocenters. The molecule has 12 aromatic rings. The number of hydrogen-bond acceptors (Lipinski definition) is 0. The SMILES string of the molecule is c1ccc(-c2c3cc(-n4c(-c5ccccc5)ccc4-c4ccccc4)ccc3c(-c3cccc4ccccc34)c3cc(-n4c(-c5ccccc5)ccc4-c4ccccc4)ccc23)cc1. The van der Waals surface area contributed by atoms with Crippen molar-refractivity contribution in [3.8, 4) is 78.7 Å². The van der Waals surface area contributed by atoms with Crippen LogP contribution in [0.2, 0.25) is 0 Å². The van der Waals surface area contributed by atoms with E-state index in [-0.39, 0.29) is 0 Å². The average Bonchev–Trinajstić information content (AvgIpc) is 4.03. The maximum Gasteiger partial charge on any atom is 0.0535 e. The maximum absolute atomic E-state index is 2.44. The van der Waals surface area contributed by atoms with E-state index in [1.807, 2.05) is 0 Å². The van der Waals surface area contributed by atoms with Crippen LogP contribution in [0.25, 0.3) is 111 Å². The molecule has 0 bridgehead atoms. The van der Waals surface area contributed by atoms with Crippen LogP contribution in [0.5, 0.6) is 0 Å². The van der Waals surface area contributed by atoms with Crippen LogP contribution in [0, 0.1) is 0 Å². The molecule has 0 aliphatic carbocycles. The molecule has 0 atom stereocenters. The third-order valence-corrected chi connectivity index (χ3v) is 12.8. The van der Waals surface area contributed by atoms with Crippen LogP contribution in [-0.2, 0) is 0 Å². The average molecular weight is 815 g/mol. The third-order valence-electron chi connectivity index (χ3n) is 12.8. The predicted octanol–water partition coefficient (Wildman–Crippen LogP) is 16.7. The minimum absolute atomic E-state index is 1.11. The Morgan fingerprint density at radius 2 is 0.578 bits per heavy atom. The van der Waals surface area contributed by atoms with E-state index < -0.39 is 0 Å². The minimum atomic E-state index is 1.11. The first-order valence-corrected chi connectivity index (χ1v) is 22.0. The first kappa shape index (κ1) is 37.3. The van der Waals surface area contributed by atoms with Crippen molar-refractivity contribution in [2.24, 2.45) is 0 Å². The fourth-order valence-corrected chi connectivity index (χ4v) is 9.90. The van der Waals surface area contributed by atoms with Gasteiger partial charge in [-0.2, -0.15) is 0 Å². The molecule has 64 heavy (non-hydrogen) atoms. The van der Waals surface area contributed by atoms with Crippen LogP contribution in [0.1, 0.15) is 0 Å². The molecule has 0 fully saturated rings. The normalized spacial score (nSPS) is 11.4. The molecule has 0 spiro atoms. The van der Waals surface area contributed by atoms with E-state index in [9.17, 15) is 0 Å². The van der Waals surface area contributed by atoms with E-state index in [1.165, 1.54) is 76.8 Å². The molecule has 0 N–H and O–H groups in total. The van der Waals surface area contributed by atoms with Crippen molar-refractivity contribution in [3.63, 3.8) is 0 Å². The van der Waals surface area contributed by atoms with E-state index in [4.69, 9.17) is 0 Å². The third kappa shape index (κ3) is 6.35. The lowest BCUT2D eigenvalue weighted by atomic mass is 9.84. The summed E-state index contributed by atoms with van der Waals surface area (Å²) in [6.45, 7) is 0. The standard InChI is InChI=1S/C62H42N2/c1-6-20-44(21-7-1)57-37-38-58(45-22-8-2-9-23-45)63(57)49-34-36-54-55(41-49)61(48-28-14-5-15-29-48)53-35-33-50(42-56(53)62(54)52-32-18-30-43-19-16-17-31-51(43)52)64-59(46-24-10-3-11-25-46)39-40-60(64)47-26-12-4-13-27-47/h1-42H. The molecule has 2 aromatic heterocycles. The van der Waals surface area contributed by atoms with Crippen LogP contribution in [-0.4, -0.2) is 9.13 Å². The first-order valence-electron chi connectivity index (χ1n) is 22.0. The number of fused-ring (bicyclic) bond motifs is 3. The zero-order valence-corrected chi connectivity index (χ0v) is 35.1. The number of rotatable bonds is 8. The van der Waals surface area contributed by atoms with Gasteiger partial charge in [-0.05, 0) is 125 Å². The van der Waals surface area contributed by atoms with Gasteiger partial charge in [-0.25, -0.2) is 0 Å². The number of nitrogens with zero attached hydrogens (tertiary/aromatic N) is 2. The van der Waals surface area contributed by atoms with Gasteiger partial charge in [0.05, 0.1) is 22.8 Å². The summed E-state index contributed by atoms with van der Waals surface area (Å²) in [5.74, 6) is 0. The van der Waals surface area contributed by atoms with Gasteiger partial charge >= 0.3 is 0 Å². The van der Waals surface area contributed by atoms with Gasteiger partial charge in [0, 0.05) is 11.4 Å². The topological polar surface area (TPSA) is 9.86 Å². The second-order valence-electron chi connectivity index (χ2n) is 16.4. The van der Waals surface area contributed by atoms with E-state index in [2.05, 4.69) is 264 Å². The number of benzene rings is 10. The monoisotopic (exact) mass is 814 g/mol. The van der Waals surface area contributed by atoms with Gasteiger partial charge in [0.15, 0.2) is 0 Å². The summed E-state index contributed by atoms with van der Waals surface area (Å²) >= 11 is 0. The highest BCUT2D eigenvalue weighted by Gasteiger charge is 2.23. The van der Waals surface area contributed by atoms with Crippen molar-refractivity contribution in [1.82, 2.24) is 9.13 Å². The Hall–Kier alpha value is -8.46. The Morgan fingerprint density at radius 3 is 1.03 bits per heavy atom. The van der Waals surface area contributed by atoms with Crippen LogP contribution in [0.3, 0.4) is 0 Å². The molecule has 0 aliphatic heterocycles. The predicted molar refractivity (Wildman–Crippen MR) is 270 cm³/mol. The lowest BCUT2D eigenvalue weighted by Gasteiger charge is -2.22. The maximum atomic E-state index is 2.44. The van der Waals surface area contributed by atoms with Gasteiger partial charge in [-0.15, -0.1) is 0 Å². The summed E-state index contributed by atoms with van der Waals surface area (Å²) in [6, 6.07) is 92.8. The second-order valence-corrected chi connectivity index (χ2v) is 16.4. The van der Waals surface area contributed by atoms with Gasteiger partial charge in [0.1, 0.15) is 0 Å². The Kier molecular flexibility index (Phi) is 9.20. The molecule has 2 heterocycles. The molecule has 0 aliphatic rings. The smallest absolute Gasteiger partial charge is 0.0535 e. The van der Waals surface area contributed by atoms with Crippen molar-refractivity contribution < 1.29 is 0 Å². The van der Waals surface area contributed by atoms with Gasteiger partial charge in [-0.3, -0.25) is 0 Å². The molecule has 300 valence electrons. The fourth-order valence-electron chi connectivity index (χ4n) is 9.90. The van der Waals surface area contributed by atoms with Crippen LogP contribution in [0.4, 0.5) is 0 Å². The second kappa shape index (κ2) is 15.8. The van der Waals surface area contributed by atoms with Crippen molar-refractivity contribution in [1.29, 1.82) is 0 Å². The summed E-state index contributed by atoms with van der Waals surface area (Å²) in [4.78, 5) is 0. The van der Waals surface area contributed by atoms with Crippen molar-refractivity contribution >= 4 is 32.3 Å². The Balaban J connectivity index is 1.21. The summed E-state index contributed by atoms with van der Waals surface area (Å²) in [5.41, 5.74) is 16.3. The van der Waals surface area contributed by atoms with Gasteiger partial charge in [0.25, 0.3) is 0 Å². The highest BCUT2D eigenvalue weighted by Crippen LogP contribution is 2.48. The van der Waals surface area contributed by atoms with Gasteiger partial charge in [-0.1, -0.05) is 206 Å². The van der Waals surface area contributed by atoms with Crippen molar-refractivity contribution in [3.05, 3.63) is 255 Å². The van der Waals surface area contributed by atoms with E-state index in [1.54, 1.807) is 0 Å². The molecule has 0 amide bonds. The lowest BCUT2D eigenvalue weighted by molar-refractivity contribution is 1.10. The molecule has 10 aromatic carbocycles. The number of hydrogen-bond donors (Lipinski definition) is 0. The summed E-state index contributed by atoms with van der Waals surface area (Å²) in [6.07, 6.45) is 0. The van der Waals surface area contributed by atoms with Crippen LogP contribution in [0.15, 0.2) is 255 Å². The highest BCUT2D eigenvalue weighted by atomic mass is 15.0. The zero-order valence-electron chi connectivity index (χ0n) is 35.1. The number of aromatic nitrogens is 2. The largest absolute Gasteiger partial charge is 0.309 e. The minimum Gasteiger partial charge on any atom is -0.309 e. The molecule has 0 saturated heterocycles.